The molecule has 0 bridgehead atoms. The predicted octanol–water partition coefficient (Wildman–Crippen LogP) is 3.24. The van der Waals surface area contributed by atoms with Crippen LogP contribution in [0, 0.1) is 17.3 Å². The van der Waals surface area contributed by atoms with Crippen molar-refractivity contribution in [2.24, 2.45) is 17.3 Å². The molecule has 1 atom stereocenters. The normalized spacial score (nSPS) is 33.0. The standard InChI is InChI=1S/C12H22O/c1-10(2)11-3-4-12(9-11)5-7-13-8-6-12/h10-11H,3-9H2,1-2H3. The quantitative estimate of drug-likeness (QED) is 0.605. The summed E-state index contributed by atoms with van der Waals surface area (Å²) in [5.74, 6) is 1.89. The van der Waals surface area contributed by atoms with Gasteiger partial charge in [-0.15, -0.1) is 0 Å². The van der Waals surface area contributed by atoms with Gasteiger partial charge in [0.1, 0.15) is 0 Å². The Balaban J connectivity index is 1.94. The Labute approximate surface area is 81.9 Å². The fraction of sp³-hybridized carbons (Fsp3) is 1.00. The summed E-state index contributed by atoms with van der Waals surface area (Å²) in [5.41, 5.74) is 0.702. The van der Waals surface area contributed by atoms with E-state index in [1.807, 2.05) is 0 Å². The first-order chi connectivity index (χ1) is 6.22. The van der Waals surface area contributed by atoms with Gasteiger partial charge in [0.2, 0.25) is 0 Å². The smallest absolute Gasteiger partial charge is 0.0471 e. The molecule has 0 amide bonds. The minimum absolute atomic E-state index is 0.702. The number of rotatable bonds is 1. The van der Waals surface area contributed by atoms with Crippen LogP contribution in [0.3, 0.4) is 0 Å². The molecule has 2 rings (SSSR count). The Kier molecular flexibility index (Phi) is 2.64. The van der Waals surface area contributed by atoms with Crippen LogP contribution in [0.4, 0.5) is 0 Å². The van der Waals surface area contributed by atoms with E-state index in [9.17, 15) is 0 Å². The molecule has 1 saturated carbocycles. The van der Waals surface area contributed by atoms with Crippen LogP contribution in [-0.4, -0.2) is 13.2 Å². The zero-order chi connectivity index (χ0) is 9.31. The highest BCUT2D eigenvalue weighted by molar-refractivity contribution is 4.91. The molecule has 0 aromatic heterocycles. The average molecular weight is 182 g/mol. The summed E-state index contributed by atoms with van der Waals surface area (Å²) in [6.07, 6.45) is 7.08. The SMILES string of the molecule is CC(C)C1CCC2(CCOCC2)C1. The second kappa shape index (κ2) is 3.61. The summed E-state index contributed by atoms with van der Waals surface area (Å²) >= 11 is 0. The van der Waals surface area contributed by atoms with Crippen LogP contribution in [0.2, 0.25) is 0 Å². The summed E-state index contributed by atoms with van der Waals surface area (Å²) in [6, 6.07) is 0. The van der Waals surface area contributed by atoms with Gasteiger partial charge in [0, 0.05) is 13.2 Å². The highest BCUT2D eigenvalue weighted by Gasteiger charge is 2.40. The Morgan fingerprint density at radius 3 is 2.38 bits per heavy atom. The zero-order valence-electron chi connectivity index (χ0n) is 9.01. The molecule has 1 saturated heterocycles. The van der Waals surface area contributed by atoms with Gasteiger partial charge in [-0.1, -0.05) is 13.8 Å². The van der Waals surface area contributed by atoms with Gasteiger partial charge in [-0.05, 0) is 49.4 Å². The van der Waals surface area contributed by atoms with Gasteiger partial charge in [-0.25, -0.2) is 0 Å². The van der Waals surface area contributed by atoms with Crippen LogP contribution in [0.15, 0.2) is 0 Å². The second-order valence-electron chi connectivity index (χ2n) is 5.36. The van der Waals surface area contributed by atoms with Gasteiger partial charge in [-0.3, -0.25) is 0 Å². The Hall–Kier alpha value is -0.0400. The third kappa shape index (κ3) is 1.90. The van der Waals surface area contributed by atoms with E-state index in [4.69, 9.17) is 4.74 Å². The van der Waals surface area contributed by atoms with E-state index in [-0.39, 0.29) is 0 Å². The van der Waals surface area contributed by atoms with Crippen molar-refractivity contribution in [2.45, 2.75) is 46.0 Å². The molecule has 1 aliphatic carbocycles. The molecule has 1 heterocycles. The van der Waals surface area contributed by atoms with Crippen LogP contribution >= 0.6 is 0 Å². The molecule has 13 heavy (non-hydrogen) atoms. The van der Waals surface area contributed by atoms with Crippen molar-refractivity contribution in [1.29, 1.82) is 0 Å². The van der Waals surface area contributed by atoms with Crippen molar-refractivity contribution >= 4 is 0 Å². The van der Waals surface area contributed by atoms with Crippen LogP contribution in [0.1, 0.15) is 46.0 Å². The van der Waals surface area contributed by atoms with Crippen molar-refractivity contribution in [1.82, 2.24) is 0 Å². The molecule has 0 N–H and O–H groups in total. The second-order valence-corrected chi connectivity index (χ2v) is 5.36. The van der Waals surface area contributed by atoms with Crippen LogP contribution in [-0.2, 0) is 4.74 Å². The third-order valence-corrected chi connectivity index (χ3v) is 4.24. The maximum Gasteiger partial charge on any atom is 0.0471 e. The maximum absolute atomic E-state index is 5.45. The molecule has 2 aliphatic rings. The van der Waals surface area contributed by atoms with Crippen molar-refractivity contribution < 1.29 is 4.74 Å². The Morgan fingerprint density at radius 2 is 1.85 bits per heavy atom. The molecule has 0 aromatic rings. The first kappa shape index (κ1) is 9.51. The van der Waals surface area contributed by atoms with Crippen LogP contribution in [0.5, 0.6) is 0 Å². The molecule has 1 aliphatic heterocycles. The maximum atomic E-state index is 5.45. The molecule has 1 unspecified atom stereocenters. The van der Waals surface area contributed by atoms with E-state index in [1.165, 1.54) is 32.1 Å². The lowest BCUT2D eigenvalue weighted by Gasteiger charge is -2.33. The van der Waals surface area contributed by atoms with Gasteiger partial charge >= 0.3 is 0 Å². The molecule has 1 nitrogen and oxygen atoms in total. The first-order valence-corrected chi connectivity index (χ1v) is 5.80. The molecule has 0 aromatic carbocycles. The third-order valence-electron chi connectivity index (χ3n) is 4.24. The minimum Gasteiger partial charge on any atom is -0.381 e. The fourth-order valence-electron chi connectivity index (χ4n) is 3.08. The number of hydrogen-bond donors (Lipinski definition) is 0. The van der Waals surface area contributed by atoms with E-state index in [2.05, 4.69) is 13.8 Å². The van der Waals surface area contributed by atoms with Gasteiger partial charge in [0.05, 0.1) is 0 Å². The highest BCUT2D eigenvalue weighted by atomic mass is 16.5. The lowest BCUT2D eigenvalue weighted by molar-refractivity contribution is 0.0151. The van der Waals surface area contributed by atoms with Crippen LogP contribution in [0.25, 0.3) is 0 Å². The van der Waals surface area contributed by atoms with E-state index in [0.29, 0.717) is 5.41 Å². The summed E-state index contributed by atoms with van der Waals surface area (Å²) in [7, 11) is 0. The molecule has 76 valence electrons. The Bertz CT molecular complexity index is 168. The monoisotopic (exact) mass is 182 g/mol. The molecule has 1 heteroatoms. The van der Waals surface area contributed by atoms with Gasteiger partial charge in [-0.2, -0.15) is 0 Å². The highest BCUT2D eigenvalue weighted by Crippen LogP contribution is 2.50. The van der Waals surface area contributed by atoms with Crippen molar-refractivity contribution in [3.05, 3.63) is 0 Å². The van der Waals surface area contributed by atoms with Crippen molar-refractivity contribution in [3.8, 4) is 0 Å². The van der Waals surface area contributed by atoms with E-state index in [1.54, 1.807) is 0 Å². The largest absolute Gasteiger partial charge is 0.381 e. The fourth-order valence-corrected chi connectivity index (χ4v) is 3.08. The van der Waals surface area contributed by atoms with Gasteiger partial charge in [0.15, 0.2) is 0 Å². The summed E-state index contributed by atoms with van der Waals surface area (Å²) in [5, 5.41) is 0. The topological polar surface area (TPSA) is 9.23 Å². The van der Waals surface area contributed by atoms with E-state index < -0.39 is 0 Å². The lowest BCUT2D eigenvalue weighted by atomic mass is 9.77. The van der Waals surface area contributed by atoms with Gasteiger partial charge in [0.25, 0.3) is 0 Å². The average Bonchev–Trinajstić information content (AvgIpc) is 2.51. The number of hydrogen-bond acceptors (Lipinski definition) is 1. The predicted molar refractivity (Wildman–Crippen MR) is 54.7 cm³/mol. The van der Waals surface area contributed by atoms with Crippen LogP contribution < -0.4 is 0 Å². The summed E-state index contributed by atoms with van der Waals surface area (Å²) < 4.78 is 5.45. The van der Waals surface area contributed by atoms with Crippen molar-refractivity contribution in [3.63, 3.8) is 0 Å². The Morgan fingerprint density at radius 1 is 1.15 bits per heavy atom. The number of ether oxygens (including phenoxy) is 1. The molecule has 2 fully saturated rings. The molecular weight excluding hydrogens is 160 g/mol. The minimum atomic E-state index is 0.702. The van der Waals surface area contributed by atoms with Crippen molar-refractivity contribution in [2.75, 3.05) is 13.2 Å². The first-order valence-electron chi connectivity index (χ1n) is 5.80. The zero-order valence-corrected chi connectivity index (χ0v) is 9.01. The molecule has 0 radical (unpaired) electrons. The lowest BCUT2D eigenvalue weighted by Crippen LogP contribution is -2.27. The van der Waals surface area contributed by atoms with E-state index >= 15 is 0 Å². The summed E-state index contributed by atoms with van der Waals surface area (Å²) in [6.45, 7) is 6.79. The molecule has 1 spiro atoms. The van der Waals surface area contributed by atoms with Gasteiger partial charge < -0.3 is 4.74 Å². The van der Waals surface area contributed by atoms with E-state index in [0.717, 1.165) is 25.0 Å². The molecular formula is C12H22O. The summed E-state index contributed by atoms with van der Waals surface area (Å²) in [4.78, 5) is 0.